The van der Waals surface area contributed by atoms with Crippen molar-refractivity contribution in [2.45, 2.75) is 19.4 Å². The van der Waals surface area contributed by atoms with Crippen molar-refractivity contribution >= 4 is 17.4 Å². The van der Waals surface area contributed by atoms with Gasteiger partial charge < -0.3 is 10.6 Å². The van der Waals surface area contributed by atoms with Crippen LogP contribution in [0.1, 0.15) is 13.3 Å². The number of amides is 1. The van der Waals surface area contributed by atoms with Crippen LogP contribution in [0.4, 0.5) is 11.5 Å². The minimum atomic E-state index is -0.151. The van der Waals surface area contributed by atoms with Crippen LogP contribution < -0.4 is 10.6 Å². The maximum Gasteiger partial charge on any atom is 0.246 e. The van der Waals surface area contributed by atoms with E-state index in [1.54, 1.807) is 12.3 Å². The maximum absolute atomic E-state index is 11.4. The number of carbonyl (C=O) groups excluding carboxylic acids is 1. The van der Waals surface area contributed by atoms with Crippen LogP contribution in [-0.4, -0.2) is 16.9 Å². The summed E-state index contributed by atoms with van der Waals surface area (Å²) in [6.07, 6.45) is 2.47. The SMILES string of the molecule is CC[C@H]1Nc2ncccc2NC1=O. The van der Waals surface area contributed by atoms with E-state index >= 15 is 0 Å². The topological polar surface area (TPSA) is 54.0 Å². The third kappa shape index (κ3) is 1.35. The lowest BCUT2D eigenvalue weighted by Crippen LogP contribution is -2.38. The second-order valence-corrected chi connectivity index (χ2v) is 2.99. The van der Waals surface area contributed by atoms with Crippen LogP contribution in [0.15, 0.2) is 18.3 Å². The molecular formula is C9H11N3O. The van der Waals surface area contributed by atoms with Gasteiger partial charge in [-0.25, -0.2) is 4.98 Å². The van der Waals surface area contributed by atoms with Crippen molar-refractivity contribution in [1.29, 1.82) is 0 Å². The van der Waals surface area contributed by atoms with E-state index in [0.29, 0.717) is 0 Å². The van der Waals surface area contributed by atoms with Crippen LogP contribution in [0.2, 0.25) is 0 Å². The van der Waals surface area contributed by atoms with Gasteiger partial charge in [-0.1, -0.05) is 6.92 Å². The Morgan fingerprint density at radius 3 is 3.23 bits per heavy atom. The summed E-state index contributed by atoms with van der Waals surface area (Å²) in [5.74, 6) is 0.775. The van der Waals surface area contributed by atoms with E-state index in [4.69, 9.17) is 0 Å². The first-order valence-electron chi connectivity index (χ1n) is 4.33. The van der Waals surface area contributed by atoms with Gasteiger partial charge in [0.1, 0.15) is 11.9 Å². The molecule has 0 spiro atoms. The largest absolute Gasteiger partial charge is 0.357 e. The zero-order valence-corrected chi connectivity index (χ0v) is 7.37. The third-order valence-corrected chi connectivity index (χ3v) is 2.10. The minimum Gasteiger partial charge on any atom is -0.357 e. The van der Waals surface area contributed by atoms with E-state index in [2.05, 4.69) is 15.6 Å². The van der Waals surface area contributed by atoms with E-state index in [0.717, 1.165) is 17.9 Å². The van der Waals surface area contributed by atoms with Gasteiger partial charge in [0.2, 0.25) is 5.91 Å². The highest BCUT2D eigenvalue weighted by Crippen LogP contribution is 2.23. The predicted molar refractivity (Wildman–Crippen MR) is 50.6 cm³/mol. The average Bonchev–Trinajstić information content (AvgIpc) is 2.17. The minimum absolute atomic E-state index is 0.0167. The van der Waals surface area contributed by atoms with Crippen molar-refractivity contribution < 1.29 is 4.79 Å². The molecule has 4 heteroatoms. The lowest BCUT2D eigenvalue weighted by molar-refractivity contribution is -0.117. The van der Waals surface area contributed by atoms with Crippen molar-refractivity contribution in [3.8, 4) is 0 Å². The van der Waals surface area contributed by atoms with E-state index in [1.165, 1.54) is 0 Å². The number of hydrogen-bond donors (Lipinski definition) is 2. The molecule has 2 rings (SSSR count). The highest BCUT2D eigenvalue weighted by molar-refractivity contribution is 6.01. The third-order valence-electron chi connectivity index (χ3n) is 2.10. The lowest BCUT2D eigenvalue weighted by Gasteiger charge is -2.24. The molecule has 0 unspecified atom stereocenters. The summed E-state index contributed by atoms with van der Waals surface area (Å²) in [5.41, 5.74) is 0.761. The number of aromatic nitrogens is 1. The molecule has 2 heterocycles. The smallest absolute Gasteiger partial charge is 0.246 e. The number of rotatable bonds is 1. The molecular weight excluding hydrogens is 166 g/mol. The number of hydrogen-bond acceptors (Lipinski definition) is 3. The van der Waals surface area contributed by atoms with Gasteiger partial charge in [-0.3, -0.25) is 4.79 Å². The van der Waals surface area contributed by atoms with Crippen LogP contribution in [0.5, 0.6) is 0 Å². The van der Waals surface area contributed by atoms with Crippen LogP contribution in [0.3, 0.4) is 0 Å². The van der Waals surface area contributed by atoms with Crippen LogP contribution in [0.25, 0.3) is 0 Å². The zero-order chi connectivity index (χ0) is 9.26. The summed E-state index contributed by atoms with van der Waals surface area (Å²) >= 11 is 0. The molecule has 0 fully saturated rings. The number of fused-ring (bicyclic) bond motifs is 1. The molecule has 1 aliphatic heterocycles. The van der Waals surface area contributed by atoms with Crippen molar-refractivity contribution in [3.05, 3.63) is 18.3 Å². The Morgan fingerprint density at radius 2 is 2.46 bits per heavy atom. The number of nitrogens with one attached hydrogen (secondary N) is 2. The van der Waals surface area contributed by atoms with Gasteiger partial charge in [0, 0.05) is 6.20 Å². The normalized spacial score (nSPS) is 20.1. The standard InChI is InChI=1S/C9H11N3O/c1-2-6-9(13)12-7-4-3-5-10-8(7)11-6/h3-6H,2H2,1H3,(H,10,11)(H,12,13)/t6-/m1/s1. The molecule has 0 saturated carbocycles. The number of carbonyl (C=O) groups is 1. The Balaban J connectivity index is 2.33. The van der Waals surface area contributed by atoms with Crippen LogP contribution in [-0.2, 0) is 4.79 Å². The molecule has 0 aromatic carbocycles. The van der Waals surface area contributed by atoms with Gasteiger partial charge in [-0.2, -0.15) is 0 Å². The number of nitrogens with zero attached hydrogens (tertiary/aromatic N) is 1. The molecule has 1 amide bonds. The van der Waals surface area contributed by atoms with Crippen molar-refractivity contribution in [2.24, 2.45) is 0 Å². The molecule has 1 aromatic rings. The predicted octanol–water partition coefficient (Wildman–Crippen LogP) is 1.22. The number of pyridine rings is 1. The summed E-state index contributed by atoms with van der Waals surface area (Å²) in [5, 5.41) is 5.87. The molecule has 1 aliphatic rings. The molecule has 13 heavy (non-hydrogen) atoms. The lowest BCUT2D eigenvalue weighted by atomic mass is 10.1. The molecule has 0 bridgehead atoms. The second-order valence-electron chi connectivity index (χ2n) is 2.99. The van der Waals surface area contributed by atoms with Crippen LogP contribution in [0, 0.1) is 0 Å². The van der Waals surface area contributed by atoms with E-state index in [-0.39, 0.29) is 11.9 Å². The Hall–Kier alpha value is -1.58. The molecule has 2 N–H and O–H groups in total. The highest BCUT2D eigenvalue weighted by atomic mass is 16.2. The fourth-order valence-electron chi connectivity index (χ4n) is 1.36. The molecule has 1 aromatic heterocycles. The number of anilines is 2. The second kappa shape index (κ2) is 3.05. The average molecular weight is 177 g/mol. The van der Waals surface area contributed by atoms with Crippen LogP contribution >= 0.6 is 0 Å². The van der Waals surface area contributed by atoms with Gasteiger partial charge in [-0.15, -0.1) is 0 Å². The van der Waals surface area contributed by atoms with Gasteiger partial charge >= 0.3 is 0 Å². The molecule has 0 saturated heterocycles. The van der Waals surface area contributed by atoms with Gasteiger partial charge in [0.25, 0.3) is 0 Å². The molecule has 68 valence electrons. The molecule has 1 atom stereocenters. The summed E-state index contributed by atoms with van der Waals surface area (Å²) < 4.78 is 0. The Labute approximate surface area is 76.4 Å². The zero-order valence-electron chi connectivity index (χ0n) is 7.37. The fourth-order valence-corrected chi connectivity index (χ4v) is 1.36. The summed E-state index contributed by atoms with van der Waals surface area (Å²) in [6.45, 7) is 1.96. The van der Waals surface area contributed by atoms with Crippen molar-refractivity contribution in [1.82, 2.24) is 4.98 Å². The van der Waals surface area contributed by atoms with Gasteiger partial charge in [0.15, 0.2) is 0 Å². The molecule has 0 radical (unpaired) electrons. The summed E-state index contributed by atoms with van der Waals surface area (Å²) in [7, 11) is 0. The molecule has 4 nitrogen and oxygen atoms in total. The monoisotopic (exact) mass is 177 g/mol. The van der Waals surface area contributed by atoms with E-state index in [1.807, 2.05) is 13.0 Å². The summed E-state index contributed by atoms with van der Waals surface area (Å²) in [4.78, 5) is 15.5. The molecule has 0 aliphatic carbocycles. The van der Waals surface area contributed by atoms with Crippen molar-refractivity contribution in [3.63, 3.8) is 0 Å². The van der Waals surface area contributed by atoms with Crippen molar-refractivity contribution in [2.75, 3.05) is 10.6 Å². The van der Waals surface area contributed by atoms with Gasteiger partial charge in [0.05, 0.1) is 5.69 Å². The Kier molecular flexibility index (Phi) is 1.88. The Morgan fingerprint density at radius 1 is 1.62 bits per heavy atom. The summed E-state index contributed by atoms with van der Waals surface area (Å²) in [6, 6.07) is 3.48. The maximum atomic E-state index is 11.4. The Bertz CT molecular complexity index is 337. The first-order chi connectivity index (χ1) is 6.31. The highest BCUT2D eigenvalue weighted by Gasteiger charge is 2.23. The first kappa shape index (κ1) is 8.04. The van der Waals surface area contributed by atoms with Gasteiger partial charge in [-0.05, 0) is 18.6 Å². The fraction of sp³-hybridized carbons (Fsp3) is 0.333. The van der Waals surface area contributed by atoms with E-state index in [9.17, 15) is 4.79 Å². The van der Waals surface area contributed by atoms with E-state index < -0.39 is 0 Å². The quantitative estimate of drug-likeness (QED) is 0.678. The first-order valence-corrected chi connectivity index (χ1v) is 4.33.